The molecule has 1 heterocycles. The monoisotopic (exact) mass is 288 g/mol. The van der Waals surface area contributed by atoms with Gasteiger partial charge in [-0.1, -0.05) is 60.7 Å². The molecule has 110 valence electrons. The summed E-state index contributed by atoms with van der Waals surface area (Å²) in [6.45, 7) is 0.477. The Kier molecular flexibility index (Phi) is 4.62. The van der Waals surface area contributed by atoms with Crippen LogP contribution in [0.25, 0.3) is 0 Å². The second-order valence-electron chi connectivity index (χ2n) is 5.42. The second kappa shape index (κ2) is 7.01. The summed E-state index contributed by atoms with van der Waals surface area (Å²) in [7, 11) is 0. The van der Waals surface area contributed by atoms with Crippen LogP contribution in [0, 0.1) is 0 Å². The highest BCUT2D eigenvalue weighted by Crippen LogP contribution is 2.20. The highest BCUT2D eigenvalue weighted by Gasteiger charge is 2.10. The van der Waals surface area contributed by atoms with E-state index in [1.54, 1.807) is 0 Å². The van der Waals surface area contributed by atoms with E-state index in [0.29, 0.717) is 6.54 Å². The van der Waals surface area contributed by atoms with Gasteiger partial charge in [0.05, 0.1) is 5.69 Å². The van der Waals surface area contributed by atoms with Gasteiger partial charge >= 0.3 is 0 Å². The summed E-state index contributed by atoms with van der Waals surface area (Å²) in [6.07, 6.45) is 3.66. The predicted octanol–water partition coefficient (Wildman–Crippen LogP) is 3.72. The Labute approximate surface area is 131 Å². The fourth-order valence-corrected chi connectivity index (χ4v) is 2.75. The summed E-state index contributed by atoms with van der Waals surface area (Å²) in [5, 5.41) is 0. The molecule has 0 saturated carbocycles. The van der Waals surface area contributed by atoms with Gasteiger partial charge in [0.25, 0.3) is 0 Å². The molecule has 1 aromatic heterocycles. The number of hydrogen-bond donors (Lipinski definition) is 1. The fraction of sp³-hybridized carbons (Fsp3) is 0.150. The van der Waals surface area contributed by atoms with Gasteiger partial charge in [-0.15, -0.1) is 0 Å². The van der Waals surface area contributed by atoms with E-state index >= 15 is 0 Å². The quantitative estimate of drug-likeness (QED) is 0.777. The van der Waals surface area contributed by atoms with Gasteiger partial charge in [0.2, 0.25) is 0 Å². The van der Waals surface area contributed by atoms with Gasteiger partial charge < -0.3 is 5.73 Å². The third-order valence-electron chi connectivity index (χ3n) is 3.90. The Morgan fingerprint density at radius 2 is 1.32 bits per heavy atom. The SMILES string of the molecule is NCc1nccc(Cc2ccccc2)c1Cc1ccccc1. The van der Waals surface area contributed by atoms with E-state index in [1.807, 2.05) is 18.3 Å². The maximum Gasteiger partial charge on any atom is 0.0577 e. The van der Waals surface area contributed by atoms with E-state index in [1.165, 1.54) is 22.3 Å². The van der Waals surface area contributed by atoms with Gasteiger partial charge in [-0.05, 0) is 41.2 Å². The summed E-state index contributed by atoms with van der Waals surface area (Å²) < 4.78 is 0. The molecule has 2 heteroatoms. The molecule has 3 rings (SSSR count). The largest absolute Gasteiger partial charge is 0.325 e. The van der Waals surface area contributed by atoms with Crippen LogP contribution < -0.4 is 5.73 Å². The van der Waals surface area contributed by atoms with E-state index in [2.05, 4.69) is 59.6 Å². The van der Waals surface area contributed by atoms with Crippen molar-refractivity contribution in [2.24, 2.45) is 5.73 Å². The number of hydrogen-bond acceptors (Lipinski definition) is 2. The van der Waals surface area contributed by atoms with Crippen molar-refractivity contribution in [1.29, 1.82) is 0 Å². The normalized spacial score (nSPS) is 10.6. The van der Waals surface area contributed by atoms with Crippen molar-refractivity contribution >= 4 is 0 Å². The van der Waals surface area contributed by atoms with E-state index in [9.17, 15) is 0 Å². The zero-order valence-electron chi connectivity index (χ0n) is 12.6. The molecule has 0 amide bonds. The summed E-state index contributed by atoms with van der Waals surface area (Å²) in [4.78, 5) is 4.47. The molecule has 2 aromatic carbocycles. The van der Waals surface area contributed by atoms with Gasteiger partial charge in [-0.2, -0.15) is 0 Å². The molecule has 3 aromatic rings. The molecule has 2 N–H and O–H groups in total. The van der Waals surface area contributed by atoms with Gasteiger partial charge in [-0.3, -0.25) is 4.98 Å². The zero-order chi connectivity index (χ0) is 15.2. The smallest absolute Gasteiger partial charge is 0.0577 e. The molecule has 0 aliphatic heterocycles. The standard InChI is InChI=1S/C20H20N2/c21-15-20-19(14-17-9-5-2-6-10-17)18(11-12-22-20)13-16-7-3-1-4-8-16/h1-12H,13-15,21H2. The molecule has 0 aliphatic rings. The van der Waals surface area contributed by atoms with Crippen LogP contribution in [0.1, 0.15) is 27.9 Å². The number of aromatic nitrogens is 1. The first kappa shape index (κ1) is 14.5. The lowest BCUT2D eigenvalue weighted by atomic mass is 9.94. The van der Waals surface area contributed by atoms with Crippen molar-refractivity contribution in [3.63, 3.8) is 0 Å². The topological polar surface area (TPSA) is 38.9 Å². The van der Waals surface area contributed by atoms with Gasteiger partial charge in [0, 0.05) is 12.7 Å². The summed E-state index contributed by atoms with van der Waals surface area (Å²) in [6, 6.07) is 23.1. The molecule has 22 heavy (non-hydrogen) atoms. The highest BCUT2D eigenvalue weighted by molar-refractivity contribution is 5.38. The molecule has 2 nitrogen and oxygen atoms in total. The third-order valence-corrected chi connectivity index (χ3v) is 3.90. The summed E-state index contributed by atoms with van der Waals surface area (Å²) in [5.74, 6) is 0. The first-order valence-corrected chi connectivity index (χ1v) is 7.60. The minimum Gasteiger partial charge on any atom is -0.325 e. The Hall–Kier alpha value is -2.45. The molecule has 0 atom stereocenters. The van der Waals surface area contributed by atoms with Crippen molar-refractivity contribution in [3.8, 4) is 0 Å². The van der Waals surface area contributed by atoms with Crippen molar-refractivity contribution in [3.05, 3.63) is 101 Å². The average molecular weight is 288 g/mol. The average Bonchev–Trinajstić information content (AvgIpc) is 2.58. The van der Waals surface area contributed by atoms with Crippen molar-refractivity contribution in [2.75, 3.05) is 0 Å². The molecular weight excluding hydrogens is 268 g/mol. The van der Waals surface area contributed by atoms with Gasteiger partial charge in [0.15, 0.2) is 0 Å². The first-order chi connectivity index (χ1) is 10.9. The molecule has 0 fully saturated rings. The maximum absolute atomic E-state index is 5.90. The lowest BCUT2D eigenvalue weighted by Crippen LogP contribution is -2.08. The van der Waals surface area contributed by atoms with Crippen LogP contribution in [0.4, 0.5) is 0 Å². The Bertz CT molecular complexity index is 721. The van der Waals surface area contributed by atoms with Crippen molar-refractivity contribution in [2.45, 2.75) is 19.4 Å². The molecular formula is C20H20N2. The first-order valence-electron chi connectivity index (χ1n) is 7.60. The van der Waals surface area contributed by atoms with E-state index in [0.717, 1.165) is 18.5 Å². The maximum atomic E-state index is 5.90. The van der Waals surface area contributed by atoms with Crippen LogP contribution in [0.3, 0.4) is 0 Å². The van der Waals surface area contributed by atoms with Gasteiger partial charge in [-0.25, -0.2) is 0 Å². The summed E-state index contributed by atoms with van der Waals surface area (Å²) >= 11 is 0. The van der Waals surface area contributed by atoms with Crippen LogP contribution in [-0.4, -0.2) is 4.98 Å². The number of nitrogens with two attached hydrogens (primary N) is 1. The molecule has 0 saturated heterocycles. The third kappa shape index (κ3) is 3.41. The lowest BCUT2D eigenvalue weighted by molar-refractivity contribution is 0.923. The minimum atomic E-state index is 0.477. The van der Waals surface area contributed by atoms with Crippen LogP contribution in [0.15, 0.2) is 72.9 Å². The highest BCUT2D eigenvalue weighted by atomic mass is 14.7. The molecule has 0 spiro atoms. The van der Waals surface area contributed by atoms with E-state index < -0.39 is 0 Å². The van der Waals surface area contributed by atoms with E-state index in [4.69, 9.17) is 5.73 Å². The Morgan fingerprint density at radius 3 is 1.91 bits per heavy atom. The van der Waals surface area contributed by atoms with Crippen LogP contribution in [0.5, 0.6) is 0 Å². The Morgan fingerprint density at radius 1 is 0.727 bits per heavy atom. The van der Waals surface area contributed by atoms with Crippen molar-refractivity contribution in [1.82, 2.24) is 4.98 Å². The fourth-order valence-electron chi connectivity index (χ4n) is 2.75. The van der Waals surface area contributed by atoms with Crippen LogP contribution >= 0.6 is 0 Å². The van der Waals surface area contributed by atoms with Crippen LogP contribution in [0.2, 0.25) is 0 Å². The number of rotatable bonds is 5. The minimum absolute atomic E-state index is 0.477. The zero-order valence-corrected chi connectivity index (χ0v) is 12.6. The number of pyridine rings is 1. The number of benzene rings is 2. The predicted molar refractivity (Wildman–Crippen MR) is 90.6 cm³/mol. The second-order valence-corrected chi connectivity index (χ2v) is 5.42. The van der Waals surface area contributed by atoms with E-state index in [-0.39, 0.29) is 0 Å². The van der Waals surface area contributed by atoms with Gasteiger partial charge in [0.1, 0.15) is 0 Å². The molecule has 0 radical (unpaired) electrons. The molecule has 0 aliphatic carbocycles. The molecule has 0 unspecified atom stereocenters. The molecule has 0 bridgehead atoms. The lowest BCUT2D eigenvalue weighted by Gasteiger charge is -2.13. The summed E-state index contributed by atoms with van der Waals surface area (Å²) in [5.41, 5.74) is 12.1. The van der Waals surface area contributed by atoms with Crippen LogP contribution in [-0.2, 0) is 19.4 Å². The Balaban J connectivity index is 1.95. The number of nitrogens with zero attached hydrogens (tertiary/aromatic N) is 1. The van der Waals surface area contributed by atoms with Crippen molar-refractivity contribution < 1.29 is 0 Å².